The van der Waals surface area contributed by atoms with Crippen LogP contribution in [0.5, 0.6) is 0 Å². The van der Waals surface area contributed by atoms with Crippen LogP contribution in [0.15, 0.2) is 66.9 Å². The van der Waals surface area contributed by atoms with E-state index in [1.165, 1.54) is 11.8 Å². The number of aliphatic hydroxyl groups excluding tert-OH is 3. The van der Waals surface area contributed by atoms with E-state index in [0.29, 0.717) is 5.69 Å². The minimum Gasteiger partial charge on any atom is -0.391 e. The maximum atomic E-state index is 12.6. The van der Waals surface area contributed by atoms with Crippen molar-refractivity contribution in [1.29, 1.82) is 0 Å². The number of nitrogens with zero attached hydrogens (tertiary/aromatic N) is 1. The standard InChI is InChI=1S/C25H29N3O5/c1-16(28(3)4)22(30)23(31)25(33)27-21(17(2)29)24(32)26-20-14-12-19(13-15-20)11-10-18-8-6-5-7-9-18/h5-9,12-15,17,21-23,29-31H,1H2,2-4H3,(H,26,32)(H,27,33)/t17-,21+,22-,23+/m0/s1. The Morgan fingerprint density at radius 1 is 0.879 bits per heavy atom. The van der Waals surface area contributed by atoms with E-state index < -0.39 is 36.2 Å². The van der Waals surface area contributed by atoms with Gasteiger partial charge >= 0.3 is 0 Å². The number of hydrogen-bond acceptors (Lipinski definition) is 6. The third kappa shape index (κ3) is 7.47. The van der Waals surface area contributed by atoms with Crippen molar-refractivity contribution in [3.63, 3.8) is 0 Å². The van der Waals surface area contributed by atoms with E-state index >= 15 is 0 Å². The monoisotopic (exact) mass is 451 g/mol. The van der Waals surface area contributed by atoms with Gasteiger partial charge in [-0.3, -0.25) is 9.59 Å². The first-order valence-corrected chi connectivity index (χ1v) is 10.3. The molecule has 8 heteroatoms. The van der Waals surface area contributed by atoms with Crippen LogP contribution < -0.4 is 10.6 Å². The lowest BCUT2D eigenvalue weighted by Crippen LogP contribution is -2.55. The molecule has 2 aromatic carbocycles. The Hall–Kier alpha value is -3.64. The third-order valence-electron chi connectivity index (χ3n) is 4.82. The quantitative estimate of drug-likeness (QED) is 0.377. The molecule has 5 N–H and O–H groups in total. The summed E-state index contributed by atoms with van der Waals surface area (Å²) >= 11 is 0. The normalized spacial score (nSPS) is 14.0. The Morgan fingerprint density at radius 2 is 1.42 bits per heavy atom. The van der Waals surface area contributed by atoms with Crippen LogP contribution >= 0.6 is 0 Å². The number of amides is 2. The first-order chi connectivity index (χ1) is 15.6. The maximum absolute atomic E-state index is 12.6. The highest BCUT2D eigenvalue weighted by molar-refractivity contribution is 5.98. The van der Waals surface area contributed by atoms with Crippen molar-refractivity contribution in [2.24, 2.45) is 0 Å². The zero-order valence-electron chi connectivity index (χ0n) is 18.8. The van der Waals surface area contributed by atoms with Gasteiger partial charge in [-0.15, -0.1) is 0 Å². The summed E-state index contributed by atoms with van der Waals surface area (Å²) in [7, 11) is 3.20. The molecule has 4 atom stereocenters. The van der Waals surface area contributed by atoms with Crippen LogP contribution in [0.3, 0.4) is 0 Å². The summed E-state index contributed by atoms with van der Waals surface area (Å²) in [5.74, 6) is 4.36. The van der Waals surface area contributed by atoms with Gasteiger partial charge in [0.1, 0.15) is 12.1 Å². The molecule has 0 radical (unpaired) electrons. The number of hydrogen-bond donors (Lipinski definition) is 5. The van der Waals surface area contributed by atoms with Gasteiger partial charge in [0.25, 0.3) is 5.91 Å². The molecule has 174 valence electrons. The van der Waals surface area contributed by atoms with Crippen molar-refractivity contribution in [3.8, 4) is 11.8 Å². The molecular formula is C25H29N3O5. The van der Waals surface area contributed by atoms with Crippen molar-refractivity contribution in [2.45, 2.75) is 31.3 Å². The van der Waals surface area contributed by atoms with Gasteiger partial charge in [0.2, 0.25) is 5.91 Å². The predicted octanol–water partition coefficient (Wildman–Crippen LogP) is 0.688. The lowest BCUT2D eigenvalue weighted by atomic mass is 10.1. The first-order valence-electron chi connectivity index (χ1n) is 10.3. The minimum absolute atomic E-state index is 0.117. The van der Waals surface area contributed by atoms with E-state index in [-0.39, 0.29) is 5.70 Å². The van der Waals surface area contributed by atoms with E-state index in [1.807, 2.05) is 30.3 Å². The largest absolute Gasteiger partial charge is 0.391 e. The van der Waals surface area contributed by atoms with E-state index in [1.54, 1.807) is 38.4 Å². The second-order valence-corrected chi connectivity index (χ2v) is 7.68. The number of anilines is 1. The molecule has 2 amide bonds. The Balaban J connectivity index is 2.03. The summed E-state index contributed by atoms with van der Waals surface area (Å²) in [6.07, 6.45) is -4.69. The van der Waals surface area contributed by atoms with Gasteiger partial charge < -0.3 is 30.9 Å². The van der Waals surface area contributed by atoms with Crippen molar-refractivity contribution in [2.75, 3.05) is 19.4 Å². The summed E-state index contributed by atoms with van der Waals surface area (Å²) in [6, 6.07) is 14.9. The van der Waals surface area contributed by atoms with Gasteiger partial charge in [-0.2, -0.15) is 0 Å². The summed E-state index contributed by atoms with van der Waals surface area (Å²) in [5.41, 5.74) is 2.18. The lowest BCUT2D eigenvalue weighted by molar-refractivity contribution is -0.138. The number of nitrogens with one attached hydrogen (secondary N) is 2. The topological polar surface area (TPSA) is 122 Å². The van der Waals surface area contributed by atoms with Crippen molar-refractivity contribution >= 4 is 17.5 Å². The van der Waals surface area contributed by atoms with Gasteiger partial charge in [0, 0.05) is 36.6 Å². The molecule has 2 aromatic rings. The SMILES string of the molecule is C=C([C@H](O)[C@@H](O)C(=O)N[C@@H](C(=O)Nc1ccc(C#Cc2ccccc2)cc1)[C@H](C)O)N(C)C. The van der Waals surface area contributed by atoms with Crippen molar-refractivity contribution < 1.29 is 24.9 Å². The average molecular weight is 452 g/mol. The molecule has 0 fully saturated rings. The molecule has 0 saturated heterocycles. The number of benzene rings is 2. The molecule has 0 heterocycles. The van der Waals surface area contributed by atoms with Crippen molar-refractivity contribution in [1.82, 2.24) is 10.2 Å². The molecule has 33 heavy (non-hydrogen) atoms. The highest BCUT2D eigenvalue weighted by Gasteiger charge is 2.32. The fourth-order valence-electron chi connectivity index (χ4n) is 2.76. The number of aliphatic hydroxyl groups is 3. The average Bonchev–Trinajstić information content (AvgIpc) is 2.80. The van der Waals surface area contributed by atoms with Crippen LogP contribution in [-0.2, 0) is 9.59 Å². The molecular weight excluding hydrogens is 422 g/mol. The van der Waals surface area contributed by atoms with Crippen LogP contribution in [0.1, 0.15) is 18.1 Å². The number of carbonyl (C=O) groups is 2. The van der Waals surface area contributed by atoms with E-state index in [9.17, 15) is 24.9 Å². The van der Waals surface area contributed by atoms with Gasteiger partial charge in [-0.1, -0.05) is 36.6 Å². The van der Waals surface area contributed by atoms with Crippen LogP contribution in [0.4, 0.5) is 5.69 Å². The van der Waals surface area contributed by atoms with Gasteiger partial charge in [-0.25, -0.2) is 0 Å². The molecule has 0 aliphatic heterocycles. The van der Waals surface area contributed by atoms with E-state index in [2.05, 4.69) is 29.1 Å². The molecule has 2 rings (SSSR count). The Morgan fingerprint density at radius 3 is 1.94 bits per heavy atom. The molecule has 0 aliphatic carbocycles. The highest BCUT2D eigenvalue weighted by Crippen LogP contribution is 2.12. The van der Waals surface area contributed by atoms with Gasteiger partial charge in [0.05, 0.1) is 6.10 Å². The summed E-state index contributed by atoms with van der Waals surface area (Å²) < 4.78 is 0. The Labute approximate surface area is 193 Å². The second kappa shape index (κ2) is 11.8. The summed E-state index contributed by atoms with van der Waals surface area (Å²) in [5, 5.41) is 35.0. The smallest absolute Gasteiger partial charge is 0.252 e. The molecule has 0 aliphatic rings. The maximum Gasteiger partial charge on any atom is 0.252 e. The fraction of sp³-hybridized carbons (Fsp3) is 0.280. The summed E-state index contributed by atoms with van der Waals surface area (Å²) in [4.78, 5) is 26.4. The number of likely N-dealkylation sites (N-methyl/N-ethyl adjacent to an activating group) is 1. The molecule has 0 bridgehead atoms. The zero-order chi connectivity index (χ0) is 24.5. The zero-order valence-corrected chi connectivity index (χ0v) is 18.8. The molecule has 0 spiro atoms. The molecule has 0 saturated carbocycles. The minimum atomic E-state index is -1.86. The highest BCUT2D eigenvalue weighted by atomic mass is 16.3. The Bertz CT molecular complexity index is 1020. The van der Waals surface area contributed by atoms with E-state index in [4.69, 9.17) is 0 Å². The van der Waals surface area contributed by atoms with Gasteiger partial charge in [0.15, 0.2) is 6.10 Å². The van der Waals surface area contributed by atoms with Crippen LogP contribution in [0.2, 0.25) is 0 Å². The van der Waals surface area contributed by atoms with Crippen LogP contribution in [0.25, 0.3) is 0 Å². The Kier molecular flexibility index (Phi) is 9.18. The summed E-state index contributed by atoms with van der Waals surface area (Å²) in [6.45, 7) is 4.93. The molecule has 0 unspecified atom stereocenters. The lowest BCUT2D eigenvalue weighted by Gasteiger charge is -2.27. The number of carbonyl (C=O) groups excluding carboxylic acids is 2. The van der Waals surface area contributed by atoms with E-state index in [0.717, 1.165) is 11.1 Å². The first kappa shape index (κ1) is 25.6. The molecule has 0 aromatic heterocycles. The predicted molar refractivity (Wildman–Crippen MR) is 126 cm³/mol. The fourth-order valence-corrected chi connectivity index (χ4v) is 2.76. The van der Waals surface area contributed by atoms with Crippen LogP contribution in [-0.4, -0.2) is 70.5 Å². The van der Waals surface area contributed by atoms with Crippen molar-refractivity contribution in [3.05, 3.63) is 78.0 Å². The van der Waals surface area contributed by atoms with Crippen LogP contribution in [0, 0.1) is 11.8 Å². The van der Waals surface area contributed by atoms with Gasteiger partial charge in [-0.05, 0) is 43.3 Å². The second-order valence-electron chi connectivity index (χ2n) is 7.68. The number of rotatable bonds is 8. The molecule has 8 nitrogen and oxygen atoms in total. The third-order valence-corrected chi connectivity index (χ3v) is 4.82.